The van der Waals surface area contributed by atoms with E-state index in [-0.39, 0.29) is 28.2 Å². The lowest BCUT2D eigenvalue weighted by Crippen LogP contribution is -2.32. The number of halogens is 1. The van der Waals surface area contributed by atoms with Crippen LogP contribution >= 0.6 is 39.0 Å². The van der Waals surface area contributed by atoms with Crippen molar-refractivity contribution in [2.45, 2.75) is 16.2 Å². The predicted octanol–water partition coefficient (Wildman–Crippen LogP) is 3.71. The van der Waals surface area contributed by atoms with Gasteiger partial charge in [0.15, 0.2) is 11.5 Å². The van der Waals surface area contributed by atoms with Gasteiger partial charge in [0.2, 0.25) is 11.8 Å². The highest BCUT2D eigenvalue weighted by Crippen LogP contribution is 2.53. The number of anilines is 1. The number of nitrogens with one attached hydrogen (secondary N) is 1. The van der Waals surface area contributed by atoms with Crippen molar-refractivity contribution in [3.63, 3.8) is 0 Å². The van der Waals surface area contributed by atoms with Crippen molar-refractivity contribution >= 4 is 56.5 Å². The summed E-state index contributed by atoms with van der Waals surface area (Å²) in [5, 5.41) is 9.95. The first-order valence-corrected chi connectivity index (χ1v) is 11.8. The third-order valence-corrected chi connectivity index (χ3v) is 8.40. The van der Waals surface area contributed by atoms with Crippen molar-refractivity contribution in [1.82, 2.24) is 4.98 Å². The summed E-state index contributed by atoms with van der Waals surface area (Å²) in [6.45, 7) is 0. The third-order valence-electron chi connectivity index (χ3n) is 5.47. The Morgan fingerprint density at radius 2 is 1.84 bits per heavy atom. The number of imide groups is 1. The zero-order valence-electron chi connectivity index (χ0n) is 16.0. The molecule has 0 radical (unpaired) electrons. The van der Waals surface area contributed by atoms with Crippen LogP contribution in [0, 0.1) is 5.92 Å². The number of aromatic hydroxyl groups is 1. The SMILES string of the molecule is COc1cc([C@H]2c3sc(=O)[nH]c3SC3C(=O)N(c4ccc(Br)cc4)C(=O)C32)ccc1O. The number of rotatable bonds is 3. The Labute approximate surface area is 193 Å². The Morgan fingerprint density at radius 1 is 1.10 bits per heavy atom. The molecule has 1 aromatic heterocycles. The molecule has 2 aromatic carbocycles. The smallest absolute Gasteiger partial charge is 0.305 e. The van der Waals surface area contributed by atoms with Crippen LogP contribution in [0.4, 0.5) is 5.69 Å². The minimum atomic E-state index is -0.686. The van der Waals surface area contributed by atoms with Gasteiger partial charge in [-0.2, -0.15) is 0 Å². The Kier molecular flexibility index (Phi) is 4.95. The monoisotopic (exact) mass is 518 g/mol. The van der Waals surface area contributed by atoms with Crippen molar-refractivity contribution in [2.75, 3.05) is 12.0 Å². The van der Waals surface area contributed by atoms with Gasteiger partial charge in [0.1, 0.15) is 5.25 Å². The van der Waals surface area contributed by atoms with E-state index in [1.165, 1.54) is 29.8 Å². The molecule has 2 aliphatic rings. The van der Waals surface area contributed by atoms with Gasteiger partial charge in [-0.1, -0.05) is 45.1 Å². The van der Waals surface area contributed by atoms with Crippen molar-refractivity contribution in [3.05, 3.63) is 67.0 Å². The highest BCUT2D eigenvalue weighted by molar-refractivity contribution is 9.10. The van der Waals surface area contributed by atoms with Crippen LogP contribution < -0.4 is 14.5 Å². The summed E-state index contributed by atoms with van der Waals surface area (Å²) in [4.78, 5) is 43.5. The summed E-state index contributed by atoms with van der Waals surface area (Å²) >= 11 is 5.63. The molecule has 3 aromatic rings. The Hall–Kier alpha value is -2.56. The first-order valence-electron chi connectivity index (χ1n) is 9.29. The van der Waals surface area contributed by atoms with Gasteiger partial charge in [-0.05, 0) is 42.0 Å². The molecule has 3 atom stereocenters. The van der Waals surface area contributed by atoms with Gasteiger partial charge in [-0.15, -0.1) is 0 Å². The van der Waals surface area contributed by atoms with Crippen LogP contribution in [-0.2, 0) is 9.59 Å². The average molecular weight is 519 g/mol. The number of nitrogens with zero attached hydrogens (tertiary/aromatic N) is 1. The number of aromatic amines is 1. The number of amides is 2. The van der Waals surface area contributed by atoms with Gasteiger partial charge in [0.25, 0.3) is 0 Å². The standard InChI is InChI=1S/C21H15BrN2O5S2/c1-29-13-8-9(2-7-12(13)25)14-15-17(30-18-16(14)31-21(28)23-18)20(27)24(19(15)26)11-5-3-10(22)4-6-11/h2-8,14-15,17,25H,1H3,(H,23,28)/t14-,15?,17?/m1/s1. The molecule has 158 valence electrons. The molecule has 2 amide bonds. The van der Waals surface area contributed by atoms with E-state index in [1.54, 1.807) is 36.4 Å². The highest BCUT2D eigenvalue weighted by atomic mass is 79.9. The number of carbonyl (C=O) groups is 2. The van der Waals surface area contributed by atoms with Crippen molar-refractivity contribution in [1.29, 1.82) is 0 Å². The van der Waals surface area contributed by atoms with Crippen molar-refractivity contribution in [3.8, 4) is 11.5 Å². The number of aromatic nitrogens is 1. The number of phenolic OH excluding ortho intramolecular Hbond substituents is 1. The first-order chi connectivity index (χ1) is 14.9. The van der Waals surface area contributed by atoms with Crippen LogP contribution in [0.5, 0.6) is 11.5 Å². The zero-order chi connectivity index (χ0) is 21.9. The van der Waals surface area contributed by atoms with Gasteiger partial charge in [-0.25, -0.2) is 4.90 Å². The van der Waals surface area contributed by atoms with Gasteiger partial charge in [0, 0.05) is 15.3 Å². The number of benzene rings is 2. The number of hydrogen-bond donors (Lipinski definition) is 2. The van der Waals surface area contributed by atoms with Crippen LogP contribution in [0.2, 0.25) is 0 Å². The summed E-state index contributed by atoms with van der Waals surface area (Å²) in [5.41, 5.74) is 1.20. The third kappa shape index (κ3) is 3.20. The highest BCUT2D eigenvalue weighted by Gasteiger charge is 2.56. The van der Waals surface area contributed by atoms with E-state index in [4.69, 9.17) is 4.74 Å². The second-order valence-corrected chi connectivity index (χ2v) is 10.3. The van der Waals surface area contributed by atoms with Gasteiger partial charge < -0.3 is 14.8 Å². The van der Waals surface area contributed by atoms with E-state index in [2.05, 4.69) is 20.9 Å². The quantitative estimate of drug-likeness (QED) is 0.512. The predicted molar refractivity (Wildman–Crippen MR) is 121 cm³/mol. The first kappa shape index (κ1) is 20.3. The number of thioether (sulfide) groups is 1. The molecule has 3 heterocycles. The number of fused-ring (bicyclic) bond motifs is 2. The summed E-state index contributed by atoms with van der Waals surface area (Å²) in [5.74, 6) is -1.59. The van der Waals surface area contributed by atoms with Crippen LogP contribution in [0.25, 0.3) is 0 Å². The second kappa shape index (κ2) is 7.54. The van der Waals surface area contributed by atoms with Gasteiger partial charge in [0.05, 0.1) is 23.7 Å². The molecular weight excluding hydrogens is 504 g/mol. The molecule has 0 spiro atoms. The number of carbonyl (C=O) groups excluding carboxylic acids is 2. The topological polar surface area (TPSA) is 99.7 Å². The number of H-pyrrole nitrogens is 1. The molecule has 0 bridgehead atoms. The molecule has 0 saturated carbocycles. The number of ether oxygens (including phenoxy) is 1. The summed E-state index contributed by atoms with van der Waals surface area (Å²) in [6, 6.07) is 11.8. The van der Waals surface area contributed by atoms with Crippen molar-refractivity contribution in [2.24, 2.45) is 5.92 Å². The van der Waals surface area contributed by atoms with Gasteiger partial charge >= 0.3 is 4.87 Å². The lowest BCUT2D eigenvalue weighted by molar-refractivity contribution is -0.122. The van der Waals surface area contributed by atoms with Gasteiger partial charge in [-0.3, -0.25) is 14.4 Å². The Bertz CT molecular complexity index is 1270. The maximum absolute atomic E-state index is 13.6. The minimum Gasteiger partial charge on any atom is -0.504 e. The largest absolute Gasteiger partial charge is 0.504 e. The fourth-order valence-corrected chi connectivity index (χ4v) is 6.89. The minimum absolute atomic E-state index is 0.0271. The molecule has 1 fully saturated rings. The van der Waals surface area contributed by atoms with Crippen LogP contribution in [0.1, 0.15) is 16.4 Å². The fourth-order valence-electron chi connectivity index (χ4n) is 4.11. The average Bonchev–Trinajstić information content (AvgIpc) is 3.24. The lowest BCUT2D eigenvalue weighted by Gasteiger charge is -2.30. The fraction of sp³-hybridized carbons (Fsp3) is 0.190. The second-order valence-electron chi connectivity index (χ2n) is 7.17. The number of phenols is 1. The maximum atomic E-state index is 13.6. The molecule has 1 saturated heterocycles. The molecule has 2 unspecified atom stereocenters. The lowest BCUT2D eigenvalue weighted by atomic mass is 9.83. The van der Waals surface area contributed by atoms with Crippen LogP contribution in [-0.4, -0.2) is 34.3 Å². The summed E-state index contributed by atoms with van der Waals surface area (Å²) in [7, 11) is 1.44. The molecule has 10 heteroatoms. The molecular formula is C21H15BrN2O5S2. The normalized spacial score (nSPS) is 22.4. The van der Waals surface area contributed by atoms with E-state index in [9.17, 15) is 19.5 Å². The van der Waals surface area contributed by atoms with E-state index < -0.39 is 17.1 Å². The molecule has 2 aliphatic heterocycles. The number of thiazole rings is 1. The molecule has 7 nitrogen and oxygen atoms in total. The number of methoxy groups -OCH3 is 1. The summed E-state index contributed by atoms with van der Waals surface area (Å²) in [6.07, 6.45) is 0. The van der Waals surface area contributed by atoms with Crippen LogP contribution in [0.3, 0.4) is 0 Å². The Balaban J connectivity index is 1.66. The molecule has 0 aliphatic carbocycles. The van der Waals surface area contributed by atoms with E-state index in [0.29, 0.717) is 21.2 Å². The Morgan fingerprint density at radius 3 is 2.55 bits per heavy atom. The maximum Gasteiger partial charge on any atom is 0.305 e. The van der Waals surface area contributed by atoms with Crippen LogP contribution in [0.15, 0.2) is 56.8 Å². The van der Waals surface area contributed by atoms with Crippen molar-refractivity contribution < 1.29 is 19.4 Å². The zero-order valence-corrected chi connectivity index (χ0v) is 19.2. The number of hydrogen-bond acceptors (Lipinski definition) is 7. The van der Waals surface area contributed by atoms with E-state index >= 15 is 0 Å². The van der Waals surface area contributed by atoms with E-state index in [1.807, 2.05) is 0 Å². The molecule has 2 N–H and O–H groups in total. The molecule has 31 heavy (non-hydrogen) atoms. The van der Waals surface area contributed by atoms with E-state index in [0.717, 1.165) is 15.8 Å². The molecule has 5 rings (SSSR count). The summed E-state index contributed by atoms with van der Waals surface area (Å²) < 4.78 is 6.09.